The quantitative estimate of drug-likeness (QED) is 0.756. The molecule has 0 radical (unpaired) electrons. The Morgan fingerprint density at radius 3 is 2.48 bits per heavy atom. The molecule has 0 saturated carbocycles. The Hall–Kier alpha value is -2.48. The molecule has 106 valence electrons. The van der Waals surface area contributed by atoms with Crippen LogP contribution in [0.3, 0.4) is 0 Å². The Bertz CT molecular complexity index is 725. The average molecular weight is 346 g/mol. The van der Waals surface area contributed by atoms with Gasteiger partial charge in [0.2, 0.25) is 17.8 Å². The van der Waals surface area contributed by atoms with Crippen molar-refractivity contribution < 1.29 is 0 Å². The first-order chi connectivity index (χ1) is 10.2. The molecule has 0 amide bonds. The number of anilines is 3. The van der Waals surface area contributed by atoms with E-state index in [4.69, 9.17) is 0 Å². The molecule has 2 heterocycles. The van der Waals surface area contributed by atoms with Gasteiger partial charge in [0.1, 0.15) is 6.33 Å². The van der Waals surface area contributed by atoms with Crippen molar-refractivity contribution in [1.82, 2.24) is 24.5 Å². The highest BCUT2D eigenvalue weighted by Gasteiger charge is 2.07. The van der Waals surface area contributed by atoms with Gasteiger partial charge in [0.05, 0.1) is 0 Å². The second-order valence-corrected chi connectivity index (χ2v) is 5.05. The van der Waals surface area contributed by atoms with E-state index in [-0.39, 0.29) is 0 Å². The normalized spacial score (nSPS) is 10.4. The third kappa shape index (κ3) is 3.16. The summed E-state index contributed by atoms with van der Waals surface area (Å²) in [6.45, 7) is 0. The smallest absolute Gasteiger partial charge is 0.241 e. The number of nitrogens with one attached hydrogen (secondary N) is 2. The molecule has 0 unspecified atom stereocenters. The molecule has 0 saturated heterocycles. The van der Waals surface area contributed by atoms with Gasteiger partial charge in [0.25, 0.3) is 0 Å². The van der Waals surface area contributed by atoms with Crippen LogP contribution in [0.4, 0.5) is 17.6 Å². The molecule has 0 fully saturated rings. The third-order valence-electron chi connectivity index (χ3n) is 2.68. The summed E-state index contributed by atoms with van der Waals surface area (Å²) in [5.74, 6) is 1.43. The van der Waals surface area contributed by atoms with Crippen molar-refractivity contribution in [3.8, 4) is 5.95 Å². The molecule has 0 aliphatic carbocycles. The van der Waals surface area contributed by atoms with Crippen molar-refractivity contribution in [2.75, 3.05) is 17.7 Å². The van der Waals surface area contributed by atoms with Gasteiger partial charge in [-0.1, -0.05) is 15.9 Å². The van der Waals surface area contributed by atoms with Crippen LogP contribution in [0.15, 0.2) is 47.5 Å². The van der Waals surface area contributed by atoms with E-state index in [0.717, 1.165) is 10.2 Å². The standard InChI is InChI=1S/C13H12BrN7/c1-15-11-18-12(17-10-4-2-9(14)3-5-10)20-13(19-11)21-7-6-16-8-21/h2-8H,1H3,(H2,15,17,18,19,20). The van der Waals surface area contributed by atoms with Crippen LogP contribution in [0.1, 0.15) is 0 Å². The molecule has 0 aliphatic heterocycles. The highest BCUT2D eigenvalue weighted by Crippen LogP contribution is 2.18. The van der Waals surface area contributed by atoms with Crippen molar-refractivity contribution in [3.05, 3.63) is 47.5 Å². The third-order valence-corrected chi connectivity index (χ3v) is 3.21. The summed E-state index contributed by atoms with van der Waals surface area (Å²) in [4.78, 5) is 17.0. The number of nitrogens with zero attached hydrogens (tertiary/aromatic N) is 5. The van der Waals surface area contributed by atoms with E-state index < -0.39 is 0 Å². The fraction of sp³-hybridized carbons (Fsp3) is 0.0769. The van der Waals surface area contributed by atoms with Gasteiger partial charge in [-0.2, -0.15) is 15.0 Å². The predicted octanol–water partition coefficient (Wildman–Crippen LogP) is 2.61. The molecular weight excluding hydrogens is 334 g/mol. The maximum atomic E-state index is 4.38. The number of hydrogen-bond donors (Lipinski definition) is 2. The summed E-state index contributed by atoms with van der Waals surface area (Å²) in [6, 6.07) is 7.76. The number of imidazole rings is 1. The van der Waals surface area contributed by atoms with Gasteiger partial charge in [0, 0.05) is 29.6 Å². The van der Waals surface area contributed by atoms with E-state index in [0.29, 0.717) is 17.8 Å². The van der Waals surface area contributed by atoms with Crippen LogP contribution in [0.2, 0.25) is 0 Å². The summed E-state index contributed by atoms with van der Waals surface area (Å²) in [7, 11) is 1.76. The molecule has 3 aromatic rings. The van der Waals surface area contributed by atoms with Gasteiger partial charge in [0.15, 0.2) is 0 Å². The summed E-state index contributed by atoms with van der Waals surface area (Å²) in [5.41, 5.74) is 0.892. The molecule has 2 N–H and O–H groups in total. The van der Waals surface area contributed by atoms with Crippen LogP contribution < -0.4 is 10.6 Å². The maximum absolute atomic E-state index is 4.38. The first-order valence-electron chi connectivity index (χ1n) is 6.19. The van der Waals surface area contributed by atoms with Gasteiger partial charge in [-0.25, -0.2) is 4.98 Å². The molecule has 0 aliphatic rings. The molecule has 21 heavy (non-hydrogen) atoms. The van der Waals surface area contributed by atoms with E-state index in [9.17, 15) is 0 Å². The van der Waals surface area contributed by atoms with Crippen molar-refractivity contribution >= 4 is 33.5 Å². The Morgan fingerprint density at radius 1 is 1.05 bits per heavy atom. The van der Waals surface area contributed by atoms with E-state index >= 15 is 0 Å². The van der Waals surface area contributed by atoms with E-state index in [1.807, 2.05) is 24.3 Å². The summed E-state index contributed by atoms with van der Waals surface area (Å²) in [6.07, 6.45) is 5.08. The highest BCUT2D eigenvalue weighted by molar-refractivity contribution is 9.10. The second-order valence-electron chi connectivity index (χ2n) is 4.13. The number of aromatic nitrogens is 5. The number of halogens is 1. The van der Waals surface area contributed by atoms with Crippen molar-refractivity contribution in [3.63, 3.8) is 0 Å². The van der Waals surface area contributed by atoms with E-state index in [1.165, 1.54) is 0 Å². The molecule has 7 nitrogen and oxygen atoms in total. The highest BCUT2D eigenvalue weighted by atomic mass is 79.9. The molecule has 1 aromatic carbocycles. The zero-order chi connectivity index (χ0) is 14.7. The lowest BCUT2D eigenvalue weighted by atomic mass is 10.3. The Balaban J connectivity index is 1.94. The average Bonchev–Trinajstić information content (AvgIpc) is 3.04. The molecule has 0 spiro atoms. The van der Waals surface area contributed by atoms with Crippen LogP contribution in [-0.2, 0) is 0 Å². The Kier molecular flexibility index (Phi) is 3.78. The van der Waals surface area contributed by atoms with Gasteiger partial charge in [-0.3, -0.25) is 4.57 Å². The number of benzene rings is 1. The molecular formula is C13H12BrN7. The van der Waals surface area contributed by atoms with Crippen LogP contribution in [0.25, 0.3) is 5.95 Å². The number of rotatable bonds is 4. The largest absolute Gasteiger partial charge is 0.357 e. The molecule has 2 aromatic heterocycles. The molecule has 8 heteroatoms. The first-order valence-corrected chi connectivity index (χ1v) is 6.98. The predicted molar refractivity (Wildman–Crippen MR) is 83.9 cm³/mol. The summed E-state index contributed by atoms with van der Waals surface area (Å²) in [5, 5.41) is 6.07. The fourth-order valence-corrected chi connectivity index (χ4v) is 1.95. The van der Waals surface area contributed by atoms with Crippen LogP contribution in [0.5, 0.6) is 0 Å². The molecule has 0 atom stereocenters. The first kappa shape index (κ1) is 13.5. The van der Waals surface area contributed by atoms with Crippen molar-refractivity contribution in [2.24, 2.45) is 0 Å². The molecule has 3 rings (SSSR count). The van der Waals surface area contributed by atoms with Crippen molar-refractivity contribution in [2.45, 2.75) is 0 Å². The second kappa shape index (κ2) is 5.88. The minimum atomic E-state index is 0.459. The Labute approximate surface area is 129 Å². The topological polar surface area (TPSA) is 80.5 Å². The zero-order valence-corrected chi connectivity index (χ0v) is 12.7. The maximum Gasteiger partial charge on any atom is 0.241 e. The van der Waals surface area contributed by atoms with Gasteiger partial charge < -0.3 is 10.6 Å². The lowest BCUT2D eigenvalue weighted by molar-refractivity contribution is 0.902. The lowest BCUT2D eigenvalue weighted by Gasteiger charge is -2.08. The fourth-order valence-electron chi connectivity index (χ4n) is 1.69. The SMILES string of the molecule is CNc1nc(Nc2ccc(Br)cc2)nc(-n2ccnc2)n1. The Morgan fingerprint density at radius 2 is 1.81 bits per heavy atom. The summed E-state index contributed by atoms with van der Waals surface area (Å²) < 4.78 is 2.73. The van der Waals surface area contributed by atoms with E-state index in [2.05, 4.69) is 46.5 Å². The minimum absolute atomic E-state index is 0.459. The van der Waals surface area contributed by atoms with Crippen LogP contribution in [0, 0.1) is 0 Å². The van der Waals surface area contributed by atoms with Gasteiger partial charge in [-0.15, -0.1) is 0 Å². The van der Waals surface area contributed by atoms with Gasteiger partial charge >= 0.3 is 0 Å². The van der Waals surface area contributed by atoms with Crippen LogP contribution in [-0.4, -0.2) is 31.6 Å². The monoisotopic (exact) mass is 345 g/mol. The zero-order valence-electron chi connectivity index (χ0n) is 11.2. The van der Waals surface area contributed by atoms with Crippen molar-refractivity contribution in [1.29, 1.82) is 0 Å². The van der Waals surface area contributed by atoms with E-state index in [1.54, 1.807) is 30.3 Å². The summed E-state index contributed by atoms with van der Waals surface area (Å²) >= 11 is 3.40. The van der Waals surface area contributed by atoms with Crippen LogP contribution >= 0.6 is 15.9 Å². The van der Waals surface area contributed by atoms with Gasteiger partial charge in [-0.05, 0) is 24.3 Å². The molecule has 0 bridgehead atoms. The number of hydrogen-bond acceptors (Lipinski definition) is 6. The lowest BCUT2D eigenvalue weighted by Crippen LogP contribution is -2.08. The minimum Gasteiger partial charge on any atom is -0.357 e.